The summed E-state index contributed by atoms with van der Waals surface area (Å²) in [4.78, 5) is 21.8. The Morgan fingerprint density at radius 3 is 2.75 bits per heavy atom. The summed E-state index contributed by atoms with van der Waals surface area (Å²) in [6.45, 7) is 3.40. The van der Waals surface area contributed by atoms with Crippen LogP contribution in [-0.4, -0.2) is 17.2 Å². The highest BCUT2D eigenvalue weighted by molar-refractivity contribution is 5.88. The van der Waals surface area contributed by atoms with Gasteiger partial charge in [0.05, 0.1) is 6.10 Å². The number of rotatable bonds is 2. The maximum Gasteiger partial charge on any atom is 0.347 e. The normalized spacial score (nSPS) is 10.2. The largest absolute Gasteiger partial charge is 0.459 e. The van der Waals surface area contributed by atoms with Crippen LogP contribution in [0.15, 0.2) is 15.6 Å². The van der Waals surface area contributed by atoms with Gasteiger partial charge in [-0.05, 0) is 13.8 Å². The van der Waals surface area contributed by atoms with Gasteiger partial charge in [-0.15, -0.1) is 0 Å². The molecule has 0 saturated carbocycles. The van der Waals surface area contributed by atoms with Crippen molar-refractivity contribution in [3.05, 3.63) is 22.2 Å². The molecule has 1 aromatic heterocycles. The van der Waals surface area contributed by atoms with Gasteiger partial charge in [-0.2, -0.15) is 5.16 Å². The maximum atomic E-state index is 11.0. The van der Waals surface area contributed by atoms with Crippen molar-refractivity contribution >= 4 is 5.97 Å². The lowest BCUT2D eigenvalue weighted by Crippen LogP contribution is -2.18. The molecule has 66 valence electrons. The van der Waals surface area contributed by atoms with Crippen molar-refractivity contribution in [2.45, 2.75) is 20.0 Å². The number of nitrogens with one attached hydrogen (secondary N) is 1. The van der Waals surface area contributed by atoms with Crippen molar-refractivity contribution in [3.8, 4) is 0 Å². The minimum atomic E-state index is -0.667. The second kappa shape index (κ2) is 3.25. The Morgan fingerprint density at radius 1 is 1.67 bits per heavy atom. The van der Waals surface area contributed by atoms with Crippen LogP contribution < -0.4 is 5.56 Å². The number of ether oxygens (including phenoxy) is 1. The van der Waals surface area contributed by atoms with Crippen molar-refractivity contribution in [2.24, 2.45) is 0 Å². The molecule has 0 unspecified atom stereocenters. The molecule has 0 aliphatic carbocycles. The Labute approximate surface area is 68.3 Å². The van der Waals surface area contributed by atoms with Crippen LogP contribution in [0.4, 0.5) is 0 Å². The zero-order valence-corrected chi connectivity index (χ0v) is 6.79. The maximum absolute atomic E-state index is 11.0. The molecule has 0 spiro atoms. The fourth-order valence-corrected chi connectivity index (χ4v) is 0.669. The molecule has 12 heavy (non-hydrogen) atoms. The van der Waals surface area contributed by atoms with Crippen LogP contribution in [0.3, 0.4) is 0 Å². The SMILES string of the molecule is CC(C)OC(=O)c1co[nH]c1=O. The number of carbonyl (C=O) groups excluding carboxylic acids is 1. The molecule has 1 aromatic rings. The van der Waals surface area contributed by atoms with Crippen LogP contribution in [0, 0.1) is 0 Å². The quantitative estimate of drug-likeness (QED) is 0.659. The summed E-state index contributed by atoms with van der Waals surface area (Å²) in [5, 5.41) is 1.99. The van der Waals surface area contributed by atoms with Gasteiger partial charge in [0.1, 0.15) is 6.26 Å². The topological polar surface area (TPSA) is 72.3 Å². The van der Waals surface area contributed by atoms with E-state index in [1.807, 2.05) is 5.16 Å². The van der Waals surface area contributed by atoms with E-state index < -0.39 is 11.5 Å². The highest BCUT2D eigenvalue weighted by Gasteiger charge is 2.14. The van der Waals surface area contributed by atoms with Gasteiger partial charge in [-0.1, -0.05) is 0 Å². The third-order valence-electron chi connectivity index (χ3n) is 1.14. The van der Waals surface area contributed by atoms with Gasteiger partial charge in [-0.25, -0.2) is 4.79 Å². The van der Waals surface area contributed by atoms with Crippen LogP contribution in [0.1, 0.15) is 24.2 Å². The zero-order chi connectivity index (χ0) is 9.14. The highest BCUT2D eigenvalue weighted by atomic mass is 16.5. The predicted molar refractivity (Wildman–Crippen MR) is 39.9 cm³/mol. The molecule has 1 N–H and O–H groups in total. The van der Waals surface area contributed by atoms with Crippen molar-refractivity contribution < 1.29 is 14.1 Å². The van der Waals surface area contributed by atoms with Gasteiger partial charge in [-0.3, -0.25) is 4.79 Å². The first kappa shape index (κ1) is 8.58. The summed E-state index contributed by atoms with van der Waals surface area (Å²) in [6.07, 6.45) is 0.791. The van der Waals surface area contributed by atoms with Crippen molar-refractivity contribution in [1.29, 1.82) is 0 Å². The number of esters is 1. The molecular formula is C7H9NO4. The standard InChI is InChI=1S/C7H9NO4/c1-4(2)12-7(10)5-3-11-8-6(5)9/h3-4H,1-2H3,(H,8,9). The predicted octanol–water partition coefficient (Wildman–Crippen LogP) is 0.533. The molecule has 0 amide bonds. The van der Waals surface area contributed by atoms with E-state index in [1.165, 1.54) is 0 Å². The fourth-order valence-electron chi connectivity index (χ4n) is 0.669. The minimum absolute atomic E-state index is 0.108. The monoisotopic (exact) mass is 171 g/mol. The van der Waals surface area contributed by atoms with E-state index in [2.05, 4.69) is 4.52 Å². The van der Waals surface area contributed by atoms with Crippen molar-refractivity contribution in [1.82, 2.24) is 5.16 Å². The Balaban J connectivity index is 2.79. The van der Waals surface area contributed by atoms with E-state index in [-0.39, 0.29) is 11.7 Å². The molecule has 5 nitrogen and oxygen atoms in total. The summed E-state index contributed by atoms with van der Waals surface area (Å²) >= 11 is 0. The first-order chi connectivity index (χ1) is 5.61. The molecule has 1 rings (SSSR count). The van der Waals surface area contributed by atoms with Crippen LogP contribution in [0.25, 0.3) is 0 Å². The Morgan fingerprint density at radius 2 is 2.33 bits per heavy atom. The van der Waals surface area contributed by atoms with E-state index in [0.29, 0.717) is 0 Å². The lowest BCUT2D eigenvalue weighted by atomic mass is 10.3. The molecule has 0 aliphatic heterocycles. The first-order valence-corrected chi connectivity index (χ1v) is 3.48. The number of hydrogen-bond acceptors (Lipinski definition) is 4. The van der Waals surface area contributed by atoms with Crippen LogP contribution in [-0.2, 0) is 4.74 Å². The second-order valence-corrected chi connectivity index (χ2v) is 2.53. The van der Waals surface area contributed by atoms with Gasteiger partial charge >= 0.3 is 5.97 Å². The molecular weight excluding hydrogens is 162 g/mol. The van der Waals surface area contributed by atoms with E-state index in [4.69, 9.17) is 4.74 Å². The molecule has 0 atom stereocenters. The minimum Gasteiger partial charge on any atom is -0.459 e. The summed E-state index contributed by atoms with van der Waals surface area (Å²) in [5.74, 6) is -0.667. The number of aromatic nitrogens is 1. The third kappa shape index (κ3) is 1.75. The lowest BCUT2D eigenvalue weighted by Gasteiger charge is -2.04. The van der Waals surface area contributed by atoms with E-state index in [0.717, 1.165) is 6.26 Å². The fraction of sp³-hybridized carbons (Fsp3) is 0.429. The number of H-pyrrole nitrogens is 1. The van der Waals surface area contributed by atoms with Crippen molar-refractivity contribution in [2.75, 3.05) is 0 Å². The molecule has 0 aromatic carbocycles. The van der Waals surface area contributed by atoms with Gasteiger partial charge in [0.2, 0.25) is 0 Å². The molecule has 0 aliphatic rings. The van der Waals surface area contributed by atoms with E-state index >= 15 is 0 Å². The highest BCUT2D eigenvalue weighted by Crippen LogP contribution is 1.97. The molecule has 1 heterocycles. The summed E-state index contributed by atoms with van der Waals surface area (Å²) in [5.41, 5.74) is -0.677. The Bertz CT molecular complexity index is 322. The third-order valence-corrected chi connectivity index (χ3v) is 1.14. The zero-order valence-electron chi connectivity index (χ0n) is 6.79. The van der Waals surface area contributed by atoms with E-state index in [9.17, 15) is 9.59 Å². The lowest BCUT2D eigenvalue weighted by molar-refractivity contribution is 0.0376. The van der Waals surface area contributed by atoms with Crippen molar-refractivity contribution in [3.63, 3.8) is 0 Å². The molecule has 0 bridgehead atoms. The summed E-state index contributed by atoms with van der Waals surface area (Å²) in [7, 11) is 0. The summed E-state index contributed by atoms with van der Waals surface area (Å²) < 4.78 is 9.17. The number of aromatic amines is 1. The van der Waals surface area contributed by atoms with Crippen LogP contribution in [0.5, 0.6) is 0 Å². The number of carbonyl (C=O) groups is 1. The van der Waals surface area contributed by atoms with Gasteiger partial charge < -0.3 is 9.26 Å². The van der Waals surface area contributed by atoms with Crippen LogP contribution >= 0.6 is 0 Å². The molecule has 5 heteroatoms. The second-order valence-electron chi connectivity index (χ2n) is 2.53. The van der Waals surface area contributed by atoms with Gasteiger partial charge in [0.15, 0.2) is 5.56 Å². The Kier molecular flexibility index (Phi) is 2.32. The molecule has 0 saturated heterocycles. The average Bonchev–Trinajstić information content (AvgIpc) is 2.33. The summed E-state index contributed by atoms with van der Waals surface area (Å²) in [6, 6.07) is 0. The number of hydrogen-bond donors (Lipinski definition) is 1. The first-order valence-electron chi connectivity index (χ1n) is 3.48. The smallest absolute Gasteiger partial charge is 0.347 e. The van der Waals surface area contributed by atoms with E-state index in [1.54, 1.807) is 13.8 Å². The van der Waals surface area contributed by atoms with Crippen LogP contribution in [0.2, 0.25) is 0 Å². The average molecular weight is 171 g/mol. The van der Waals surface area contributed by atoms with Gasteiger partial charge in [0, 0.05) is 0 Å². The Hall–Kier alpha value is -1.52. The van der Waals surface area contributed by atoms with Gasteiger partial charge in [0.25, 0.3) is 5.56 Å². The molecule has 0 fully saturated rings. The molecule has 0 radical (unpaired) electrons.